The smallest absolute Gasteiger partial charge is 0.271 e. The second kappa shape index (κ2) is 8.11. The van der Waals surface area contributed by atoms with Crippen LogP contribution < -0.4 is 15.9 Å². The molecule has 0 aliphatic heterocycles. The first kappa shape index (κ1) is 20.0. The zero-order valence-electron chi connectivity index (χ0n) is 15.8. The van der Waals surface area contributed by atoms with Crippen LogP contribution in [0.25, 0.3) is 5.95 Å². The summed E-state index contributed by atoms with van der Waals surface area (Å²) in [4.78, 5) is 12.6. The lowest BCUT2D eigenvalue weighted by Crippen LogP contribution is -2.24. The second-order valence-corrected chi connectivity index (χ2v) is 7.83. The lowest BCUT2D eigenvalue weighted by Gasteiger charge is -2.14. The summed E-state index contributed by atoms with van der Waals surface area (Å²) in [6, 6.07) is 6.91. The van der Waals surface area contributed by atoms with Crippen molar-refractivity contribution in [3.8, 4) is 11.7 Å². The van der Waals surface area contributed by atoms with Gasteiger partial charge >= 0.3 is 0 Å². The lowest BCUT2D eigenvalue weighted by atomic mass is 10.3. The van der Waals surface area contributed by atoms with Crippen LogP contribution in [0.15, 0.2) is 29.4 Å². The Kier molecular flexibility index (Phi) is 5.80. The van der Waals surface area contributed by atoms with Crippen molar-refractivity contribution in [2.75, 3.05) is 18.3 Å². The highest BCUT2D eigenvalue weighted by Crippen LogP contribution is 2.29. The van der Waals surface area contributed by atoms with Crippen molar-refractivity contribution in [1.82, 2.24) is 24.7 Å². The molecule has 0 saturated carbocycles. The van der Waals surface area contributed by atoms with Crippen molar-refractivity contribution in [3.63, 3.8) is 0 Å². The molecule has 2 heterocycles. The number of hydrogen-bond acceptors (Lipinski definition) is 7. The number of halogens is 1. The van der Waals surface area contributed by atoms with Crippen LogP contribution in [-0.4, -0.2) is 42.9 Å². The minimum atomic E-state index is -0.497. The molecular formula is C17H20ClN7O2S. The van der Waals surface area contributed by atoms with Crippen molar-refractivity contribution < 1.29 is 9.53 Å². The van der Waals surface area contributed by atoms with Crippen LogP contribution >= 0.6 is 23.4 Å². The number of methoxy groups -OCH3 is 1. The quantitative estimate of drug-likeness (QED) is 0.464. The number of anilines is 1. The molecule has 3 N–H and O–H groups in total. The van der Waals surface area contributed by atoms with Gasteiger partial charge in [-0.1, -0.05) is 23.4 Å². The standard InChI is InChI=1S/C17H20ClN7O2S/c1-9-7-10(2)25(23-9)16-21-22-17(24(16)19)28-11(3)15(26)20-13-8-12(18)5-6-14(13)27-4/h5-8,11H,19H2,1-4H3,(H,20,26). The Morgan fingerprint density at radius 3 is 2.71 bits per heavy atom. The summed E-state index contributed by atoms with van der Waals surface area (Å²) in [5.74, 6) is 6.76. The minimum absolute atomic E-state index is 0.249. The van der Waals surface area contributed by atoms with E-state index >= 15 is 0 Å². The maximum atomic E-state index is 12.6. The van der Waals surface area contributed by atoms with Gasteiger partial charge in [0.05, 0.1) is 23.7 Å². The van der Waals surface area contributed by atoms with E-state index in [1.54, 1.807) is 29.8 Å². The van der Waals surface area contributed by atoms with Gasteiger partial charge in [-0.25, -0.2) is 9.36 Å². The minimum Gasteiger partial charge on any atom is -0.495 e. The van der Waals surface area contributed by atoms with E-state index in [0.29, 0.717) is 27.6 Å². The maximum Gasteiger partial charge on any atom is 0.271 e. The first-order valence-electron chi connectivity index (χ1n) is 8.35. The molecule has 0 spiro atoms. The molecule has 0 radical (unpaired) electrons. The Morgan fingerprint density at radius 1 is 1.32 bits per heavy atom. The number of nitrogens with zero attached hydrogens (tertiary/aromatic N) is 5. The summed E-state index contributed by atoms with van der Waals surface area (Å²) in [6.45, 7) is 5.53. The number of hydrogen-bond donors (Lipinski definition) is 2. The monoisotopic (exact) mass is 421 g/mol. The molecule has 0 aliphatic carbocycles. The van der Waals surface area contributed by atoms with Crippen LogP contribution in [0.5, 0.6) is 5.75 Å². The van der Waals surface area contributed by atoms with Crippen LogP contribution in [0, 0.1) is 13.8 Å². The molecule has 9 nitrogen and oxygen atoms in total. The van der Waals surface area contributed by atoms with E-state index in [9.17, 15) is 4.79 Å². The van der Waals surface area contributed by atoms with Gasteiger partial charge in [0.15, 0.2) is 0 Å². The molecule has 0 aliphatic rings. The fraction of sp³-hybridized carbons (Fsp3) is 0.294. The van der Waals surface area contributed by atoms with Gasteiger partial charge in [0.1, 0.15) is 5.75 Å². The fourth-order valence-corrected chi connectivity index (χ4v) is 3.49. The van der Waals surface area contributed by atoms with E-state index in [4.69, 9.17) is 22.2 Å². The highest BCUT2D eigenvalue weighted by molar-refractivity contribution is 8.00. The van der Waals surface area contributed by atoms with E-state index < -0.39 is 5.25 Å². The molecule has 1 aromatic carbocycles. The Balaban J connectivity index is 1.75. The van der Waals surface area contributed by atoms with Crippen molar-refractivity contribution in [2.45, 2.75) is 31.2 Å². The zero-order chi connectivity index (χ0) is 20.4. The van der Waals surface area contributed by atoms with E-state index in [1.165, 1.54) is 23.5 Å². The van der Waals surface area contributed by atoms with Crippen molar-refractivity contribution in [1.29, 1.82) is 0 Å². The molecule has 1 amide bonds. The summed E-state index contributed by atoms with van der Waals surface area (Å²) in [5, 5.41) is 15.7. The first-order valence-corrected chi connectivity index (χ1v) is 9.61. The van der Waals surface area contributed by atoms with Crippen molar-refractivity contribution in [3.05, 3.63) is 40.7 Å². The van der Waals surface area contributed by atoms with Crippen LogP contribution in [0.4, 0.5) is 5.69 Å². The number of carbonyl (C=O) groups excluding carboxylic acids is 1. The molecule has 148 valence electrons. The third-order valence-electron chi connectivity index (χ3n) is 3.92. The Morgan fingerprint density at radius 2 is 2.07 bits per heavy atom. The Hall–Kier alpha value is -2.72. The van der Waals surface area contributed by atoms with Crippen LogP contribution in [0.3, 0.4) is 0 Å². The molecule has 1 unspecified atom stereocenters. The molecule has 11 heteroatoms. The summed E-state index contributed by atoms with van der Waals surface area (Å²) in [5.41, 5.74) is 2.22. The summed E-state index contributed by atoms with van der Waals surface area (Å²) in [6.07, 6.45) is 0. The largest absolute Gasteiger partial charge is 0.495 e. The van der Waals surface area contributed by atoms with Gasteiger partial charge in [-0.2, -0.15) is 5.10 Å². The maximum absolute atomic E-state index is 12.6. The predicted molar refractivity (Wildman–Crippen MR) is 109 cm³/mol. The number of nitrogens with one attached hydrogen (secondary N) is 1. The average Bonchev–Trinajstić information content (AvgIpc) is 3.16. The molecule has 3 aromatic rings. The number of aryl methyl sites for hydroxylation is 2. The number of nitrogens with two attached hydrogens (primary N) is 1. The molecular weight excluding hydrogens is 402 g/mol. The number of thioether (sulfide) groups is 1. The predicted octanol–water partition coefficient (Wildman–Crippen LogP) is 2.58. The number of benzene rings is 1. The van der Waals surface area contributed by atoms with Gasteiger partial charge in [-0.05, 0) is 45.0 Å². The van der Waals surface area contributed by atoms with Crippen LogP contribution in [-0.2, 0) is 4.79 Å². The molecule has 0 saturated heterocycles. The van der Waals surface area contributed by atoms with E-state index in [0.717, 1.165) is 11.4 Å². The van der Waals surface area contributed by atoms with Gasteiger partial charge in [0.2, 0.25) is 11.1 Å². The second-order valence-electron chi connectivity index (χ2n) is 6.09. The van der Waals surface area contributed by atoms with Gasteiger partial charge in [0, 0.05) is 10.7 Å². The lowest BCUT2D eigenvalue weighted by molar-refractivity contribution is -0.115. The van der Waals surface area contributed by atoms with Gasteiger partial charge in [-0.15, -0.1) is 10.2 Å². The SMILES string of the molecule is COc1ccc(Cl)cc1NC(=O)C(C)Sc1nnc(-n2nc(C)cc2C)n1N. The summed E-state index contributed by atoms with van der Waals surface area (Å²) in [7, 11) is 1.52. The molecule has 1 atom stereocenters. The van der Waals surface area contributed by atoms with E-state index in [1.807, 2.05) is 19.9 Å². The number of carbonyl (C=O) groups is 1. The number of amides is 1. The molecule has 3 rings (SSSR count). The van der Waals surface area contributed by atoms with Gasteiger partial charge in [-0.3, -0.25) is 4.79 Å². The first-order chi connectivity index (χ1) is 13.3. The third kappa shape index (κ3) is 4.07. The number of rotatable bonds is 6. The van der Waals surface area contributed by atoms with Crippen molar-refractivity contribution in [2.24, 2.45) is 0 Å². The van der Waals surface area contributed by atoms with E-state index in [-0.39, 0.29) is 5.91 Å². The van der Waals surface area contributed by atoms with Gasteiger partial charge in [0.25, 0.3) is 5.95 Å². The highest BCUT2D eigenvalue weighted by atomic mass is 35.5. The fourth-order valence-electron chi connectivity index (χ4n) is 2.55. The Bertz CT molecular complexity index is 1020. The summed E-state index contributed by atoms with van der Waals surface area (Å²) >= 11 is 7.19. The van der Waals surface area contributed by atoms with Crippen LogP contribution in [0.2, 0.25) is 5.02 Å². The Labute approximate surface area is 171 Å². The molecule has 0 fully saturated rings. The molecule has 2 aromatic heterocycles. The third-order valence-corrected chi connectivity index (χ3v) is 5.21. The topological polar surface area (TPSA) is 113 Å². The zero-order valence-corrected chi connectivity index (χ0v) is 17.4. The normalized spacial score (nSPS) is 12.0. The van der Waals surface area contributed by atoms with Crippen molar-refractivity contribution >= 4 is 35.0 Å². The highest BCUT2D eigenvalue weighted by Gasteiger charge is 2.22. The molecule has 28 heavy (non-hydrogen) atoms. The number of ether oxygens (including phenoxy) is 1. The van der Waals surface area contributed by atoms with Gasteiger partial charge < -0.3 is 15.9 Å². The van der Waals surface area contributed by atoms with Crippen LogP contribution in [0.1, 0.15) is 18.3 Å². The summed E-state index contributed by atoms with van der Waals surface area (Å²) < 4.78 is 8.17. The number of aromatic nitrogens is 5. The molecule has 0 bridgehead atoms. The van der Waals surface area contributed by atoms with E-state index in [2.05, 4.69) is 20.6 Å². The number of nitrogen functional groups attached to an aromatic ring is 1. The average molecular weight is 422 g/mol.